The highest BCUT2D eigenvalue weighted by molar-refractivity contribution is 5.21. The van der Waals surface area contributed by atoms with E-state index in [2.05, 4.69) is 15.3 Å². The second-order valence-corrected chi connectivity index (χ2v) is 4.78. The molecular formula is C14H16FN3. The van der Waals surface area contributed by atoms with E-state index < -0.39 is 0 Å². The Bertz CT molecular complexity index is 531. The molecule has 0 saturated heterocycles. The van der Waals surface area contributed by atoms with Crippen LogP contribution in [0.15, 0.2) is 30.5 Å². The molecule has 0 aliphatic heterocycles. The van der Waals surface area contributed by atoms with Crippen molar-refractivity contribution in [2.24, 2.45) is 0 Å². The molecule has 0 atom stereocenters. The molecular weight excluding hydrogens is 229 g/mol. The van der Waals surface area contributed by atoms with E-state index in [0.717, 1.165) is 18.1 Å². The summed E-state index contributed by atoms with van der Waals surface area (Å²) < 4.78 is 13.5. The summed E-state index contributed by atoms with van der Waals surface area (Å²) in [6, 6.07) is 7.50. The van der Waals surface area contributed by atoms with Crippen LogP contribution in [0.25, 0.3) is 0 Å². The first-order valence-corrected chi connectivity index (χ1v) is 6.31. The summed E-state index contributed by atoms with van der Waals surface area (Å²) in [4.78, 5) is 7.52. The van der Waals surface area contributed by atoms with Gasteiger partial charge in [0.05, 0.1) is 0 Å². The number of halogens is 1. The fraction of sp³-hybridized carbons (Fsp3) is 0.357. The van der Waals surface area contributed by atoms with Crippen LogP contribution in [0.5, 0.6) is 0 Å². The standard InChI is InChI=1S/C14H16FN3/c15-13-4-2-1-3-10(13)7-14-17-9-12(18-14)8-16-11-5-6-11/h1-4,9,11,16H,5-8H2,(H,17,18). The number of hydrogen-bond acceptors (Lipinski definition) is 2. The van der Waals surface area contributed by atoms with Crippen LogP contribution in [-0.4, -0.2) is 16.0 Å². The van der Waals surface area contributed by atoms with Gasteiger partial charge in [-0.2, -0.15) is 0 Å². The van der Waals surface area contributed by atoms with Crippen molar-refractivity contribution in [3.05, 3.63) is 53.4 Å². The van der Waals surface area contributed by atoms with Gasteiger partial charge >= 0.3 is 0 Å². The van der Waals surface area contributed by atoms with Gasteiger partial charge < -0.3 is 10.3 Å². The summed E-state index contributed by atoms with van der Waals surface area (Å²) in [5.41, 5.74) is 1.74. The molecule has 18 heavy (non-hydrogen) atoms. The first-order chi connectivity index (χ1) is 8.81. The molecule has 1 aliphatic carbocycles. The van der Waals surface area contributed by atoms with Crippen LogP contribution in [0.4, 0.5) is 4.39 Å². The Hall–Kier alpha value is -1.68. The van der Waals surface area contributed by atoms with Crippen molar-refractivity contribution in [3.8, 4) is 0 Å². The van der Waals surface area contributed by atoms with Gasteiger partial charge in [-0.25, -0.2) is 9.37 Å². The molecule has 1 aromatic heterocycles. The van der Waals surface area contributed by atoms with Crippen molar-refractivity contribution in [1.29, 1.82) is 0 Å². The molecule has 4 heteroatoms. The Morgan fingerprint density at radius 3 is 2.94 bits per heavy atom. The van der Waals surface area contributed by atoms with E-state index in [1.165, 1.54) is 18.9 Å². The van der Waals surface area contributed by atoms with E-state index in [-0.39, 0.29) is 5.82 Å². The van der Waals surface area contributed by atoms with Crippen LogP contribution in [0.3, 0.4) is 0 Å². The Kier molecular flexibility index (Phi) is 3.11. The molecule has 2 N–H and O–H groups in total. The molecule has 3 rings (SSSR count). The van der Waals surface area contributed by atoms with E-state index in [0.29, 0.717) is 18.0 Å². The van der Waals surface area contributed by atoms with E-state index in [4.69, 9.17) is 0 Å². The number of nitrogens with zero attached hydrogens (tertiary/aromatic N) is 1. The van der Waals surface area contributed by atoms with Gasteiger partial charge in [0.15, 0.2) is 0 Å². The molecule has 1 fully saturated rings. The molecule has 2 aromatic rings. The third kappa shape index (κ3) is 2.76. The lowest BCUT2D eigenvalue weighted by Gasteiger charge is -2.01. The SMILES string of the molecule is Fc1ccccc1Cc1ncc(CNC2CC2)[nH]1. The molecule has 1 saturated carbocycles. The van der Waals surface area contributed by atoms with Crippen molar-refractivity contribution < 1.29 is 4.39 Å². The van der Waals surface area contributed by atoms with Gasteiger partial charge in [-0.15, -0.1) is 0 Å². The summed E-state index contributed by atoms with van der Waals surface area (Å²) in [5.74, 6) is 0.638. The Morgan fingerprint density at radius 2 is 2.17 bits per heavy atom. The second kappa shape index (κ2) is 4.90. The van der Waals surface area contributed by atoms with Gasteiger partial charge in [0.25, 0.3) is 0 Å². The van der Waals surface area contributed by atoms with Crippen LogP contribution in [-0.2, 0) is 13.0 Å². The lowest BCUT2D eigenvalue weighted by molar-refractivity contribution is 0.612. The zero-order valence-corrected chi connectivity index (χ0v) is 10.1. The average Bonchev–Trinajstić information content (AvgIpc) is 3.10. The number of benzene rings is 1. The fourth-order valence-corrected chi connectivity index (χ4v) is 1.95. The Labute approximate surface area is 105 Å². The van der Waals surface area contributed by atoms with E-state index in [9.17, 15) is 4.39 Å². The molecule has 0 bridgehead atoms. The molecule has 1 aliphatic rings. The average molecular weight is 245 g/mol. The predicted molar refractivity (Wildman–Crippen MR) is 67.7 cm³/mol. The van der Waals surface area contributed by atoms with Crippen molar-refractivity contribution >= 4 is 0 Å². The lowest BCUT2D eigenvalue weighted by Crippen LogP contribution is -2.15. The van der Waals surface area contributed by atoms with Gasteiger partial charge in [-0.1, -0.05) is 18.2 Å². The topological polar surface area (TPSA) is 40.7 Å². The second-order valence-electron chi connectivity index (χ2n) is 4.78. The van der Waals surface area contributed by atoms with E-state index in [1.807, 2.05) is 12.3 Å². The minimum atomic E-state index is -0.174. The van der Waals surface area contributed by atoms with Crippen molar-refractivity contribution in [1.82, 2.24) is 15.3 Å². The number of rotatable bonds is 5. The minimum absolute atomic E-state index is 0.174. The van der Waals surface area contributed by atoms with E-state index in [1.54, 1.807) is 12.1 Å². The smallest absolute Gasteiger partial charge is 0.126 e. The van der Waals surface area contributed by atoms with Crippen molar-refractivity contribution in [2.75, 3.05) is 0 Å². The Morgan fingerprint density at radius 1 is 1.33 bits per heavy atom. The van der Waals surface area contributed by atoms with Crippen molar-refractivity contribution in [2.45, 2.75) is 31.8 Å². The van der Waals surface area contributed by atoms with Gasteiger partial charge in [0, 0.05) is 30.9 Å². The maximum absolute atomic E-state index is 13.5. The van der Waals surface area contributed by atoms with Crippen LogP contribution >= 0.6 is 0 Å². The summed E-state index contributed by atoms with van der Waals surface area (Å²) >= 11 is 0. The highest BCUT2D eigenvalue weighted by atomic mass is 19.1. The van der Waals surface area contributed by atoms with Gasteiger partial charge in [0.1, 0.15) is 11.6 Å². The first kappa shape index (κ1) is 11.4. The number of aromatic nitrogens is 2. The minimum Gasteiger partial charge on any atom is -0.345 e. The van der Waals surface area contributed by atoms with Gasteiger partial charge in [0.2, 0.25) is 0 Å². The van der Waals surface area contributed by atoms with Crippen LogP contribution < -0.4 is 5.32 Å². The molecule has 3 nitrogen and oxygen atoms in total. The summed E-state index contributed by atoms with van der Waals surface area (Å²) in [6.07, 6.45) is 4.88. The zero-order valence-electron chi connectivity index (χ0n) is 10.1. The Balaban J connectivity index is 1.63. The van der Waals surface area contributed by atoms with Crippen LogP contribution in [0, 0.1) is 5.82 Å². The summed E-state index contributed by atoms with van der Waals surface area (Å²) in [5, 5.41) is 3.42. The quantitative estimate of drug-likeness (QED) is 0.849. The molecule has 0 spiro atoms. The highest BCUT2D eigenvalue weighted by Crippen LogP contribution is 2.19. The largest absolute Gasteiger partial charge is 0.345 e. The molecule has 0 unspecified atom stereocenters. The number of hydrogen-bond donors (Lipinski definition) is 2. The first-order valence-electron chi connectivity index (χ1n) is 6.31. The highest BCUT2D eigenvalue weighted by Gasteiger charge is 2.20. The maximum Gasteiger partial charge on any atom is 0.126 e. The summed E-state index contributed by atoms with van der Waals surface area (Å²) in [7, 11) is 0. The van der Waals surface area contributed by atoms with Gasteiger partial charge in [-0.05, 0) is 24.5 Å². The predicted octanol–water partition coefficient (Wildman–Crippen LogP) is 2.39. The number of imidazole rings is 1. The monoisotopic (exact) mass is 245 g/mol. The van der Waals surface area contributed by atoms with Crippen LogP contribution in [0.2, 0.25) is 0 Å². The number of H-pyrrole nitrogens is 1. The van der Waals surface area contributed by atoms with Crippen LogP contribution in [0.1, 0.15) is 29.9 Å². The van der Waals surface area contributed by atoms with Crippen molar-refractivity contribution in [3.63, 3.8) is 0 Å². The van der Waals surface area contributed by atoms with E-state index >= 15 is 0 Å². The molecule has 0 radical (unpaired) electrons. The molecule has 1 heterocycles. The maximum atomic E-state index is 13.5. The molecule has 94 valence electrons. The third-order valence-electron chi connectivity index (χ3n) is 3.16. The zero-order chi connectivity index (χ0) is 12.4. The fourth-order valence-electron chi connectivity index (χ4n) is 1.95. The normalized spacial score (nSPS) is 14.9. The number of nitrogens with one attached hydrogen (secondary N) is 2. The number of aromatic amines is 1. The lowest BCUT2D eigenvalue weighted by atomic mass is 10.1. The van der Waals surface area contributed by atoms with Gasteiger partial charge in [-0.3, -0.25) is 0 Å². The summed E-state index contributed by atoms with van der Waals surface area (Å²) in [6.45, 7) is 0.814. The molecule has 0 amide bonds. The third-order valence-corrected chi connectivity index (χ3v) is 3.16. The molecule has 1 aromatic carbocycles.